The number of fused-ring (bicyclic) bond motifs is 1. The number of aromatic amines is 1. The van der Waals surface area contributed by atoms with Crippen molar-refractivity contribution < 1.29 is 4.39 Å². The van der Waals surface area contributed by atoms with Gasteiger partial charge in [0.25, 0.3) is 0 Å². The van der Waals surface area contributed by atoms with Crippen LogP contribution in [0.15, 0.2) is 54.6 Å². The minimum atomic E-state index is -0.258. The van der Waals surface area contributed by atoms with Gasteiger partial charge >= 0.3 is 0 Å². The largest absolute Gasteiger partial charge is 0.337 e. The standard InChI is InChI=1S/C23H23FN4S/c24-17-7-8-19-20(12-17)27-23(26-19)22-10-9-21(29-22)16-5-3-15(4-6-16)13-28-11-1-2-18(25)14-28/h3-10,12,18H,1-2,11,13-14,25H2,(H,26,27). The smallest absolute Gasteiger partial charge is 0.148 e. The molecule has 3 N–H and O–H groups in total. The average molecular weight is 407 g/mol. The molecule has 1 saturated heterocycles. The molecule has 5 rings (SSSR count). The van der Waals surface area contributed by atoms with Gasteiger partial charge in [-0.25, -0.2) is 9.37 Å². The third-order valence-electron chi connectivity index (χ3n) is 5.47. The first kappa shape index (κ1) is 18.5. The maximum absolute atomic E-state index is 13.4. The lowest BCUT2D eigenvalue weighted by Gasteiger charge is -2.30. The number of hydrogen-bond donors (Lipinski definition) is 2. The number of nitrogens with zero attached hydrogens (tertiary/aromatic N) is 2. The van der Waals surface area contributed by atoms with Gasteiger partial charge in [-0.2, -0.15) is 0 Å². The normalized spacial score (nSPS) is 17.8. The van der Waals surface area contributed by atoms with Crippen LogP contribution in [0.4, 0.5) is 4.39 Å². The lowest BCUT2D eigenvalue weighted by Crippen LogP contribution is -2.42. The van der Waals surface area contributed by atoms with Crippen molar-refractivity contribution in [3.05, 3.63) is 66.0 Å². The Morgan fingerprint density at radius 2 is 1.93 bits per heavy atom. The Hall–Kier alpha value is -2.54. The maximum atomic E-state index is 13.4. The fourth-order valence-corrected chi connectivity index (χ4v) is 4.94. The van der Waals surface area contributed by atoms with Crippen LogP contribution in [0.25, 0.3) is 32.2 Å². The highest BCUT2D eigenvalue weighted by Crippen LogP contribution is 2.34. The van der Waals surface area contributed by atoms with E-state index in [9.17, 15) is 4.39 Å². The van der Waals surface area contributed by atoms with E-state index in [4.69, 9.17) is 5.73 Å². The summed E-state index contributed by atoms with van der Waals surface area (Å²) in [5.74, 6) is 0.520. The van der Waals surface area contributed by atoms with Crippen molar-refractivity contribution >= 4 is 22.4 Å². The van der Waals surface area contributed by atoms with E-state index < -0.39 is 0 Å². The number of halogens is 1. The number of piperidine rings is 1. The molecule has 29 heavy (non-hydrogen) atoms. The van der Waals surface area contributed by atoms with Crippen molar-refractivity contribution in [1.82, 2.24) is 14.9 Å². The number of benzene rings is 2. The van der Waals surface area contributed by atoms with Gasteiger partial charge in [0.1, 0.15) is 11.6 Å². The summed E-state index contributed by atoms with van der Waals surface area (Å²) < 4.78 is 13.4. The van der Waals surface area contributed by atoms with Gasteiger partial charge in [-0.1, -0.05) is 24.3 Å². The quantitative estimate of drug-likeness (QED) is 0.500. The number of thiophene rings is 1. The number of imidazole rings is 1. The molecule has 4 nitrogen and oxygen atoms in total. The summed E-state index contributed by atoms with van der Waals surface area (Å²) in [4.78, 5) is 12.5. The summed E-state index contributed by atoms with van der Waals surface area (Å²) in [6.07, 6.45) is 2.32. The fourth-order valence-electron chi connectivity index (χ4n) is 3.99. The molecule has 2 aromatic carbocycles. The van der Waals surface area contributed by atoms with Crippen LogP contribution in [-0.2, 0) is 6.54 Å². The van der Waals surface area contributed by atoms with Crippen LogP contribution in [0.5, 0.6) is 0 Å². The number of rotatable bonds is 4. The van der Waals surface area contributed by atoms with Crippen molar-refractivity contribution in [2.24, 2.45) is 5.73 Å². The van der Waals surface area contributed by atoms with Crippen LogP contribution in [0.1, 0.15) is 18.4 Å². The highest BCUT2D eigenvalue weighted by atomic mass is 32.1. The van der Waals surface area contributed by atoms with Gasteiger partial charge in [-0.15, -0.1) is 11.3 Å². The number of H-pyrrole nitrogens is 1. The van der Waals surface area contributed by atoms with E-state index in [1.165, 1.54) is 34.6 Å². The second-order valence-corrected chi connectivity index (χ2v) is 8.83. The monoisotopic (exact) mass is 406 g/mol. The number of nitrogens with two attached hydrogens (primary N) is 1. The van der Waals surface area contributed by atoms with E-state index in [0.717, 1.165) is 47.8 Å². The third kappa shape index (κ3) is 3.96. The Balaban J connectivity index is 1.33. The molecule has 4 aromatic rings. The van der Waals surface area contributed by atoms with Gasteiger partial charge in [0.05, 0.1) is 15.9 Å². The van der Waals surface area contributed by atoms with Crippen molar-refractivity contribution in [3.8, 4) is 21.1 Å². The zero-order valence-electron chi connectivity index (χ0n) is 16.1. The molecule has 0 aliphatic carbocycles. The highest BCUT2D eigenvalue weighted by molar-refractivity contribution is 7.18. The van der Waals surface area contributed by atoms with Crippen LogP contribution >= 0.6 is 11.3 Å². The van der Waals surface area contributed by atoms with Gasteiger partial charge in [0.2, 0.25) is 0 Å². The summed E-state index contributed by atoms with van der Waals surface area (Å²) in [6, 6.07) is 17.9. The van der Waals surface area contributed by atoms with Crippen LogP contribution in [0.3, 0.4) is 0 Å². The first-order valence-electron chi connectivity index (χ1n) is 9.97. The molecule has 0 bridgehead atoms. The number of likely N-dealkylation sites (tertiary alicyclic amines) is 1. The predicted molar refractivity (Wildman–Crippen MR) is 117 cm³/mol. The lowest BCUT2D eigenvalue weighted by atomic mass is 10.0. The van der Waals surface area contributed by atoms with Crippen molar-refractivity contribution in [2.45, 2.75) is 25.4 Å². The molecule has 3 heterocycles. The van der Waals surface area contributed by atoms with Gasteiger partial charge in [-0.05, 0) is 60.8 Å². The number of aromatic nitrogens is 2. The summed E-state index contributed by atoms with van der Waals surface area (Å²) in [6.45, 7) is 3.07. The molecule has 148 valence electrons. The van der Waals surface area contributed by atoms with E-state index in [0.29, 0.717) is 6.04 Å². The molecular formula is C23H23FN4S. The molecule has 2 aromatic heterocycles. The Kier molecular flexibility index (Phi) is 4.91. The molecule has 0 saturated carbocycles. The number of nitrogens with one attached hydrogen (secondary N) is 1. The summed E-state index contributed by atoms with van der Waals surface area (Å²) >= 11 is 1.69. The van der Waals surface area contributed by atoms with Gasteiger partial charge in [0, 0.05) is 24.0 Å². The van der Waals surface area contributed by atoms with E-state index in [-0.39, 0.29) is 5.82 Å². The second kappa shape index (κ2) is 7.71. The van der Waals surface area contributed by atoms with Crippen LogP contribution in [0, 0.1) is 5.82 Å². The summed E-state index contributed by atoms with van der Waals surface area (Å²) in [5.41, 5.74) is 10.1. The lowest BCUT2D eigenvalue weighted by molar-refractivity contribution is 0.201. The maximum Gasteiger partial charge on any atom is 0.148 e. The Morgan fingerprint density at radius 3 is 2.76 bits per heavy atom. The predicted octanol–water partition coefficient (Wildman–Crippen LogP) is 5.02. The molecule has 0 amide bonds. The average Bonchev–Trinajstić information content (AvgIpc) is 3.35. The molecule has 1 unspecified atom stereocenters. The number of hydrogen-bond acceptors (Lipinski definition) is 4. The van der Waals surface area contributed by atoms with E-state index >= 15 is 0 Å². The molecule has 1 aliphatic heterocycles. The van der Waals surface area contributed by atoms with E-state index in [1.807, 2.05) is 0 Å². The van der Waals surface area contributed by atoms with Crippen LogP contribution < -0.4 is 5.73 Å². The highest BCUT2D eigenvalue weighted by Gasteiger charge is 2.16. The Labute approximate surface area is 173 Å². The molecule has 1 fully saturated rings. The molecular weight excluding hydrogens is 383 g/mol. The Bertz CT molecular complexity index is 1130. The van der Waals surface area contributed by atoms with Gasteiger partial charge < -0.3 is 10.7 Å². The van der Waals surface area contributed by atoms with Crippen molar-refractivity contribution in [2.75, 3.05) is 13.1 Å². The van der Waals surface area contributed by atoms with E-state index in [2.05, 4.69) is 51.3 Å². The van der Waals surface area contributed by atoms with Crippen LogP contribution in [0.2, 0.25) is 0 Å². The van der Waals surface area contributed by atoms with Crippen LogP contribution in [-0.4, -0.2) is 34.0 Å². The molecule has 0 radical (unpaired) electrons. The minimum Gasteiger partial charge on any atom is -0.337 e. The van der Waals surface area contributed by atoms with Gasteiger partial charge in [-0.3, -0.25) is 4.90 Å². The van der Waals surface area contributed by atoms with Gasteiger partial charge in [0.15, 0.2) is 0 Å². The molecule has 1 atom stereocenters. The fraction of sp³-hybridized carbons (Fsp3) is 0.261. The third-order valence-corrected chi connectivity index (χ3v) is 6.61. The molecule has 6 heteroatoms. The summed E-state index contributed by atoms with van der Waals surface area (Å²) in [7, 11) is 0. The summed E-state index contributed by atoms with van der Waals surface area (Å²) in [5, 5.41) is 0. The minimum absolute atomic E-state index is 0.258. The zero-order valence-corrected chi connectivity index (χ0v) is 16.9. The second-order valence-electron chi connectivity index (χ2n) is 7.75. The Morgan fingerprint density at radius 1 is 1.10 bits per heavy atom. The molecule has 0 spiro atoms. The van der Waals surface area contributed by atoms with Crippen molar-refractivity contribution in [3.63, 3.8) is 0 Å². The van der Waals surface area contributed by atoms with Crippen molar-refractivity contribution in [1.29, 1.82) is 0 Å². The van der Waals surface area contributed by atoms with E-state index in [1.54, 1.807) is 17.4 Å². The molecule has 1 aliphatic rings. The first-order valence-corrected chi connectivity index (χ1v) is 10.8. The SMILES string of the molecule is NC1CCCN(Cc2ccc(-c3ccc(-c4nc5ccc(F)cc5[nH]4)s3)cc2)C1. The first-order chi connectivity index (χ1) is 14.1. The zero-order chi connectivity index (χ0) is 19.8. The topological polar surface area (TPSA) is 57.9 Å².